The molecule has 736 valence electrons. The Morgan fingerprint density at radius 3 is 1.74 bits per heavy atom. The number of carbonyl (C=O) groups excluding carboxylic acids is 3. The predicted octanol–water partition coefficient (Wildman–Crippen LogP) is 24.8. The number of amides is 1. The number of alkyl halides is 3. The zero-order valence-electron chi connectivity index (χ0n) is 78.5. The molecule has 0 saturated heterocycles. The molecule has 1 aliphatic heterocycles. The minimum atomic E-state index is -4.46. The molecule has 5 heterocycles. The maximum atomic E-state index is 13.1. The lowest BCUT2D eigenvalue weighted by Crippen LogP contribution is -2.21. The molecule has 0 radical (unpaired) electrons. The van der Waals surface area contributed by atoms with Crippen LogP contribution in [0.25, 0.3) is 71.8 Å². The van der Waals surface area contributed by atoms with E-state index in [9.17, 15) is 55.9 Å². The van der Waals surface area contributed by atoms with E-state index in [0.29, 0.717) is 78.5 Å². The number of carboxylic acid groups (broad SMARTS) is 5. The molecule has 1 atom stereocenters. The highest BCUT2D eigenvalue weighted by Gasteiger charge is 2.31. The fourth-order valence-corrected chi connectivity index (χ4v) is 16.4. The van der Waals surface area contributed by atoms with Gasteiger partial charge in [-0.05, 0) is 234 Å². The summed E-state index contributed by atoms with van der Waals surface area (Å²) in [5, 5.41) is 66.8. The van der Waals surface area contributed by atoms with Crippen LogP contribution in [-0.4, -0.2) is 131 Å². The molecule has 0 fully saturated rings. The SMILES string of the molecule is CN1c2ccccc2Sc2ccc(CC(=O)O)cc21.COc1ccc2c(c1)c(CC(=O)NO)c(C)n2C(=O)c1ccc(Cl)cc1.COc1ccc2cc(C(C)C(=O)O)ccc2c1.COc1ccc2cc(CCC(C)=O)ccc2c1.O=C(O)CCc1nc(-c2ccccc2)c(-c2ccccc2)o1.O=C(O)Cc1nn(-c2ccc(F)cc2)cc1-c1ccc(Cl)cc1.O=C(O)c1cccnc1Nc1cccc(C(F)(F)F)c1. The van der Waals surface area contributed by atoms with Gasteiger partial charge in [0, 0.05) is 91.1 Å². The van der Waals surface area contributed by atoms with Crippen LogP contribution in [0.4, 0.5) is 40.4 Å². The number of Topliss-reactive ketones (excluding diaryl/α,β-unsaturated/α-hetero) is 1. The molecule has 26 nitrogen and oxygen atoms in total. The lowest BCUT2D eigenvalue weighted by atomic mass is 9.98. The van der Waals surface area contributed by atoms with Crippen LogP contribution in [0.1, 0.15) is 98.4 Å². The van der Waals surface area contributed by atoms with E-state index >= 15 is 0 Å². The van der Waals surface area contributed by atoms with Gasteiger partial charge in [-0.15, -0.1) is 0 Å². The van der Waals surface area contributed by atoms with Gasteiger partial charge in [0.15, 0.2) is 11.7 Å². The number of aryl methyl sites for hydroxylation is 2. The number of hydrogen-bond acceptors (Lipinski definition) is 19. The summed E-state index contributed by atoms with van der Waals surface area (Å²) in [7, 11) is 6.86. The molecule has 0 aliphatic carbocycles. The minimum Gasteiger partial charge on any atom is -0.497 e. The highest BCUT2D eigenvalue weighted by Crippen LogP contribution is 2.48. The van der Waals surface area contributed by atoms with Crippen LogP contribution in [-0.2, 0) is 67.0 Å². The molecule has 33 heteroatoms. The number of methoxy groups -OCH3 is 3. The normalized spacial score (nSPS) is 11.2. The van der Waals surface area contributed by atoms with E-state index < -0.39 is 53.4 Å². The van der Waals surface area contributed by atoms with Crippen molar-refractivity contribution in [3.05, 3.63) is 388 Å². The average molecular weight is 2010 g/mol. The summed E-state index contributed by atoms with van der Waals surface area (Å²) in [6.07, 6.45) is 0.130. The average Bonchev–Trinajstić information content (AvgIpc) is 1.55. The lowest BCUT2D eigenvalue weighted by Gasteiger charge is -2.29. The van der Waals surface area contributed by atoms with Crippen molar-refractivity contribution in [1.29, 1.82) is 0 Å². The molecule has 0 spiro atoms. The molecule has 1 unspecified atom stereocenters. The number of rotatable bonds is 25. The second kappa shape index (κ2) is 49.9. The van der Waals surface area contributed by atoms with Gasteiger partial charge >= 0.3 is 36.0 Å². The summed E-state index contributed by atoms with van der Waals surface area (Å²) in [4.78, 5) is 103. The smallest absolute Gasteiger partial charge is 0.416 e. The van der Waals surface area contributed by atoms with Crippen molar-refractivity contribution >= 4 is 138 Å². The number of aromatic carboxylic acids is 1. The number of carboxylic acids is 5. The van der Waals surface area contributed by atoms with Gasteiger partial charge in [-0.1, -0.05) is 181 Å². The molecule has 0 bridgehead atoms. The Labute approximate surface area is 838 Å². The Kier molecular flexibility index (Phi) is 36.8. The van der Waals surface area contributed by atoms with Crippen LogP contribution >= 0.6 is 35.0 Å². The number of carbonyl (C=O) groups is 8. The van der Waals surface area contributed by atoms with E-state index in [2.05, 4.69) is 55.6 Å². The van der Waals surface area contributed by atoms with Crippen LogP contribution in [0.15, 0.2) is 330 Å². The van der Waals surface area contributed by atoms with Gasteiger partial charge in [0.1, 0.15) is 45.9 Å². The molecule has 0 saturated carbocycles. The topological polar surface area (TPSA) is 375 Å². The number of fused-ring (bicyclic) bond motifs is 5. The van der Waals surface area contributed by atoms with E-state index in [1.165, 1.54) is 58.4 Å². The van der Waals surface area contributed by atoms with Gasteiger partial charge in [0.25, 0.3) is 5.91 Å². The zero-order chi connectivity index (χ0) is 103. The van der Waals surface area contributed by atoms with Gasteiger partial charge in [-0.3, -0.25) is 38.5 Å². The number of aromatic nitrogens is 5. The lowest BCUT2D eigenvalue weighted by molar-refractivity contribution is -0.139. The minimum absolute atomic E-state index is 0.00295. The Bertz CT molecular complexity index is 7400. The molecule has 17 aromatic rings. The van der Waals surface area contributed by atoms with Crippen molar-refractivity contribution in [2.45, 2.75) is 87.6 Å². The zero-order valence-corrected chi connectivity index (χ0v) is 80.8. The number of para-hydroxylation sites is 1. The van der Waals surface area contributed by atoms with E-state index in [1.807, 2.05) is 153 Å². The third-order valence-electron chi connectivity index (χ3n) is 22.5. The number of ketones is 1. The molecular formula is C111H96Cl2F4N8O18S. The summed E-state index contributed by atoms with van der Waals surface area (Å²) in [5.74, 6) is -2.65. The van der Waals surface area contributed by atoms with Crippen molar-refractivity contribution < 1.29 is 105 Å². The van der Waals surface area contributed by atoms with Crippen molar-refractivity contribution in [2.75, 3.05) is 38.6 Å². The van der Waals surface area contributed by atoms with Gasteiger partial charge in [0.05, 0.1) is 86.8 Å². The van der Waals surface area contributed by atoms with E-state index in [1.54, 1.807) is 154 Å². The summed E-state index contributed by atoms with van der Waals surface area (Å²) in [6, 6.07) is 89.3. The summed E-state index contributed by atoms with van der Waals surface area (Å²) >= 11 is 13.5. The van der Waals surface area contributed by atoms with Crippen LogP contribution in [0, 0.1) is 12.7 Å². The Morgan fingerprint density at radius 2 is 1.13 bits per heavy atom. The number of nitrogens with one attached hydrogen (secondary N) is 2. The van der Waals surface area contributed by atoms with Crippen LogP contribution in [0.3, 0.4) is 0 Å². The first kappa shape index (κ1) is 106. The number of pyridine rings is 1. The number of aliphatic carboxylic acids is 4. The van der Waals surface area contributed by atoms with Gasteiger partial charge in [-0.25, -0.2) is 29.3 Å². The second-order valence-corrected chi connectivity index (χ2v) is 34.4. The number of oxazole rings is 1. The van der Waals surface area contributed by atoms with E-state index in [-0.39, 0.29) is 66.7 Å². The first-order chi connectivity index (χ1) is 69.0. The highest BCUT2D eigenvalue weighted by atomic mass is 35.5. The quantitative estimate of drug-likeness (QED) is 0.0150. The molecule has 144 heavy (non-hydrogen) atoms. The molecule has 1 aliphatic rings. The third kappa shape index (κ3) is 28.8. The fourth-order valence-electron chi connectivity index (χ4n) is 15.0. The number of hydroxylamine groups is 1. The predicted molar refractivity (Wildman–Crippen MR) is 545 cm³/mol. The van der Waals surface area contributed by atoms with Crippen LogP contribution in [0.5, 0.6) is 17.2 Å². The first-order valence-electron chi connectivity index (χ1n) is 44.5. The van der Waals surface area contributed by atoms with Gasteiger partial charge in [0.2, 0.25) is 5.91 Å². The molecule has 8 N–H and O–H groups in total. The van der Waals surface area contributed by atoms with Gasteiger partial charge < -0.3 is 59.2 Å². The first-order valence-corrected chi connectivity index (χ1v) is 46.0. The number of hydrogen-bond donors (Lipinski definition) is 8. The largest absolute Gasteiger partial charge is 0.497 e. The number of ether oxygens (including phenoxy) is 3. The summed E-state index contributed by atoms with van der Waals surface area (Å²) in [6.45, 7) is 5.08. The van der Waals surface area contributed by atoms with Crippen molar-refractivity contribution in [3.63, 3.8) is 0 Å². The Morgan fingerprint density at radius 1 is 0.549 bits per heavy atom. The second-order valence-electron chi connectivity index (χ2n) is 32.4. The maximum absolute atomic E-state index is 13.1. The monoisotopic (exact) mass is 2010 g/mol. The third-order valence-corrected chi connectivity index (χ3v) is 24.1. The van der Waals surface area contributed by atoms with E-state index in [4.69, 9.17) is 72.6 Å². The molecule has 13 aromatic carbocycles. The van der Waals surface area contributed by atoms with Crippen molar-refractivity contribution in [1.82, 2.24) is 29.8 Å². The van der Waals surface area contributed by atoms with Crippen LogP contribution in [0.2, 0.25) is 10.0 Å². The maximum Gasteiger partial charge on any atom is 0.416 e. The number of benzene rings is 13. The van der Waals surface area contributed by atoms with Gasteiger partial charge in [-0.2, -0.15) is 18.3 Å². The molecule has 18 rings (SSSR count). The number of nitrogens with zero attached hydrogens (tertiary/aromatic N) is 6. The molecular weight excluding hydrogens is 1910 g/mol. The number of halogens is 6. The summed E-state index contributed by atoms with van der Waals surface area (Å²) in [5.41, 5.74) is 13.5. The Balaban J connectivity index is 0.000000150. The Hall–Kier alpha value is -16.7. The standard InChI is InChI=1S/C19H17ClN2O4.C18H15NO3.C17H12ClFN2O2.C15H13NO2S.C15H16O2.C14H14O3.C13H9F3N2O2/c1-11-15(10-18(23)21-25)16-9-14(26-2)7-8-17(16)22(11)19(24)12-3-5-13(20)6-4-12;20-16(21)12-11-15-19-17(13-7-3-1-4-8-13)18(22-15)14-9-5-2-6-10-14;18-12-3-1-11(2-4-12)15-10-21(20-16(15)9-17(22)23)14-7-5-13(19)6-8-14;1-16-11-4-2-3-5-13(11)19-14-7-6-10(8-12(14)16)9-15(17)18;1-11(16)3-4-12-5-6-14-10-15(17-2)8-7-13(14)9-12;1-9(14(15)16)10-3-4-12-8-13(17-2)6-5-11(12)7-10;14-13(15,16)8-3-1-4-9(7-8)18-11-10(12(19)20)5-2-6-17-11/h3-9,25H,10H2,1-2H3,(H,21,23);1-10H,11-12H2,(H,20,21);1-8,10H,9H2,(H,22,23);2-8H,9H2,1H3,(H,17,18);5-10H,3-4H2,1-2H3;3-9H,1-2H3,(H,15,16);1-7H,(H,17,18)(H,19,20). The number of anilines is 4. The van der Waals surface area contributed by atoms with E-state index in [0.717, 1.165) is 96.0 Å². The fraction of sp³-hybridized carbons (Fsp3) is 0.144. The highest BCUT2D eigenvalue weighted by molar-refractivity contribution is 7.99. The van der Waals surface area contributed by atoms with Crippen LogP contribution < -0.4 is 29.9 Å². The summed E-state index contributed by atoms with van der Waals surface area (Å²) < 4.78 is 75.3. The molecule has 1 amide bonds. The molecule has 4 aromatic heterocycles. The van der Waals surface area contributed by atoms with Crippen molar-refractivity contribution in [2.24, 2.45) is 0 Å². The van der Waals surface area contributed by atoms with Crippen molar-refractivity contribution in [3.8, 4) is 56.6 Å².